The molecule has 44 heavy (non-hydrogen) atoms. The topological polar surface area (TPSA) is 88.4 Å². The maximum absolute atomic E-state index is 14.2. The minimum absolute atomic E-state index is 0.184. The number of fused-ring (bicyclic) bond motifs is 1. The number of carbonyl (C=O) groups excluding carboxylic acids is 1. The molecule has 0 spiro atoms. The Morgan fingerprint density at radius 2 is 1.80 bits per heavy atom. The zero-order valence-corrected chi connectivity index (χ0v) is 28.5. The third kappa shape index (κ3) is 6.55. The Hall–Kier alpha value is -3.67. The van der Waals surface area contributed by atoms with Crippen molar-refractivity contribution in [3.63, 3.8) is 0 Å². The lowest BCUT2D eigenvalue weighted by Crippen LogP contribution is -2.40. The van der Waals surface area contributed by atoms with Crippen LogP contribution < -0.4 is 29.1 Å². The van der Waals surface area contributed by atoms with E-state index in [9.17, 15) is 9.59 Å². The van der Waals surface area contributed by atoms with E-state index >= 15 is 0 Å². The zero-order valence-electron chi connectivity index (χ0n) is 24.6. The van der Waals surface area contributed by atoms with Crippen LogP contribution in [0, 0.1) is 0 Å². The van der Waals surface area contributed by atoms with Gasteiger partial charge < -0.3 is 18.9 Å². The van der Waals surface area contributed by atoms with E-state index in [-0.39, 0.29) is 17.7 Å². The highest BCUT2D eigenvalue weighted by atomic mass is 79.9. The average molecular weight is 742 g/mol. The Morgan fingerprint density at radius 1 is 1.02 bits per heavy atom. The molecule has 0 aliphatic carbocycles. The number of hydrogen-bond donors (Lipinski definition) is 0. The van der Waals surface area contributed by atoms with Crippen LogP contribution in [0.3, 0.4) is 0 Å². The molecule has 3 aromatic carbocycles. The van der Waals surface area contributed by atoms with Crippen LogP contribution in [0.5, 0.6) is 17.2 Å². The monoisotopic (exact) mass is 740 g/mol. The quantitative estimate of drug-likeness (QED) is 0.177. The first-order valence-electron chi connectivity index (χ1n) is 13.9. The van der Waals surface area contributed by atoms with Gasteiger partial charge in [-0.1, -0.05) is 63.7 Å². The molecule has 11 heteroatoms. The number of aromatic nitrogens is 1. The van der Waals surface area contributed by atoms with Gasteiger partial charge in [0.05, 0.1) is 46.6 Å². The summed E-state index contributed by atoms with van der Waals surface area (Å²) in [5.74, 6) is 1.12. The van der Waals surface area contributed by atoms with Gasteiger partial charge >= 0.3 is 5.97 Å². The molecular formula is C33H30Br2N2O6S. The van der Waals surface area contributed by atoms with E-state index in [1.54, 1.807) is 43.7 Å². The zero-order chi connectivity index (χ0) is 31.4. The molecule has 5 rings (SSSR count). The van der Waals surface area contributed by atoms with Crippen molar-refractivity contribution in [1.82, 2.24) is 4.57 Å². The number of rotatable bonds is 10. The molecule has 0 fully saturated rings. The Balaban J connectivity index is 1.68. The fraction of sp³-hybridized carbons (Fsp3) is 0.242. The molecule has 1 aliphatic heterocycles. The van der Waals surface area contributed by atoms with E-state index < -0.39 is 12.0 Å². The number of ether oxygens (including phenoxy) is 4. The number of allylic oxidation sites excluding steroid dienone is 1. The first-order chi connectivity index (χ1) is 21.2. The second kappa shape index (κ2) is 14.0. The van der Waals surface area contributed by atoms with Crippen molar-refractivity contribution >= 4 is 55.2 Å². The van der Waals surface area contributed by atoms with Crippen molar-refractivity contribution < 1.29 is 23.7 Å². The molecule has 1 aromatic heterocycles. The number of benzene rings is 3. The molecule has 0 N–H and O–H groups in total. The molecular weight excluding hydrogens is 712 g/mol. The number of hydrogen-bond acceptors (Lipinski definition) is 8. The SMILES string of the molecule is CCOC(=O)C1=C(C)N=c2s/c(=C\c3cc(Br)cc(Br)c3OCc3ccccc3)c(=O)n2[C@@H]1c1ccc(OC)c(OCC)c1. The summed E-state index contributed by atoms with van der Waals surface area (Å²) in [6, 6.07) is 18.2. The van der Waals surface area contributed by atoms with Crippen LogP contribution >= 0.6 is 43.2 Å². The Bertz CT molecular complexity index is 1920. The minimum atomic E-state index is -0.791. The fourth-order valence-corrected chi connectivity index (χ4v) is 7.36. The lowest BCUT2D eigenvalue weighted by atomic mass is 9.95. The summed E-state index contributed by atoms with van der Waals surface area (Å²) in [6.07, 6.45) is 1.79. The predicted octanol–water partition coefficient (Wildman–Crippen LogP) is 6.31. The molecule has 2 heterocycles. The summed E-state index contributed by atoms with van der Waals surface area (Å²) in [6.45, 7) is 6.32. The summed E-state index contributed by atoms with van der Waals surface area (Å²) in [5.41, 5.74) is 2.85. The van der Waals surface area contributed by atoms with E-state index in [0.717, 1.165) is 14.5 Å². The fourth-order valence-electron chi connectivity index (χ4n) is 4.95. The van der Waals surface area contributed by atoms with Gasteiger partial charge in [0, 0.05) is 10.0 Å². The molecule has 4 aromatic rings. The van der Waals surface area contributed by atoms with Gasteiger partial charge in [0.25, 0.3) is 5.56 Å². The highest BCUT2D eigenvalue weighted by Gasteiger charge is 2.34. The van der Waals surface area contributed by atoms with Crippen molar-refractivity contribution in [1.29, 1.82) is 0 Å². The van der Waals surface area contributed by atoms with Crippen LogP contribution in [0.1, 0.15) is 43.5 Å². The molecule has 1 atom stereocenters. The molecule has 0 unspecified atom stereocenters. The number of thiazole rings is 1. The summed E-state index contributed by atoms with van der Waals surface area (Å²) in [7, 11) is 1.56. The molecule has 0 radical (unpaired) electrons. The maximum Gasteiger partial charge on any atom is 0.338 e. The van der Waals surface area contributed by atoms with Crippen LogP contribution in [0.15, 0.2) is 90.7 Å². The van der Waals surface area contributed by atoms with E-state index in [1.165, 1.54) is 11.3 Å². The standard InChI is InChI=1S/C33H30Br2N2O6S/c1-5-41-26-15-21(12-13-25(26)40-4)29-28(32(39)42-6-2)19(3)36-33-37(29)31(38)27(44-33)16-22-14-23(34)17-24(35)30(22)43-18-20-10-8-7-9-11-20/h7-17,29H,5-6,18H2,1-4H3/b27-16-/t29-/m1/s1. The lowest BCUT2D eigenvalue weighted by Gasteiger charge is -2.25. The van der Waals surface area contributed by atoms with E-state index in [1.807, 2.05) is 55.5 Å². The largest absolute Gasteiger partial charge is 0.493 e. The summed E-state index contributed by atoms with van der Waals surface area (Å²) >= 11 is 8.43. The van der Waals surface area contributed by atoms with Crippen molar-refractivity contribution in [2.45, 2.75) is 33.4 Å². The predicted molar refractivity (Wildman–Crippen MR) is 177 cm³/mol. The smallest absolute Gasteiger partial charge is 0.338 e. The summed E-state index contributed by atoms with van der Waals surface area (Å²) in [4.78, 5) is 32.7. The van der Waals surface area contributed by atoms with E-state index in [4.69, 9.17) is 18.9 Å². The Kier molecular flexibility index (Phi) is 10.1. The molecule has 8 nitrogen and oxygen atoms in total. The minimum Gasteiger partial charge on any atom is -0.493 e. The molecule has 228 valence electrons. The molecule has 1 aliphatic rings. The molecule has 0 bridgehead atoms. The van der Waals surface area contributed by atoms with Gasteiger partial charge in [-0.05, 0) is 78.2 Å². The lowest BCUT2D eigenvalue weighted by molar-refractivity contribution is -0.139. The van der Waals surface area contributed by atoms with Gasteiger partial charge in [0.1, 0.15) is 12.4 Å². The normalized spacial score (nSPS) is 14.6. The third-order valence-corrected chi connectivity index (χ3v) is 8.90. The van der Waals surface area contributed by atoms with Crippen molar-refractivity contribution in [3.8, 4) is 17.2 Å². The van der Waals surface area contributed by atoms with E-state index in [0.29, 0.717) is 56.6 Å². The van der Waals surface area contributed by atoms with Gasteiger partial charge in [0.2, 0.25) is 0 Å². The first-order valence-corrected chi connectivity index (χ1v) is 16.3. The Morgan fingerprint density at radius 3 is 2.50 bits per heavy atom. The summed E-state index contributed by atoms with van der Waals surface area (Å²) in [5, 5.41) is 0. The van der Waals surface area contributed by atoms with Gasteiger partial charge in [-0.25, -0.2) is 9.79 Å². The van der Waals surface area contributed by atoms with Crippen molar-refractivity contribution in [3.05, 3.63) is 117 Å². The number of halogens is 2. The molecule has 0 saturated heterocycles. The third-order valence-electron chi connectivity index (χ3n) is 6.87. The van der Waals surface area contributed by atoms with Gasteiger partial charge in [-0.15, -0.1) is 0 Å². The first kappa shape index (κ1) is 31.7. The van der Waals surface area contributed by atoms with Crippen LogP contribution in [-0.4, -0.2) is 30.9 Å². The second-order valence-electron chi connectivity index (χ2n) is 9.73. The highest BCUT2D eigenvalue weighted by Crippen LogP contribution is 2.37. The van der Waals surface area contributed by atoms with Gasteiger partial charge in [-0.3, -0.25) is 9.36 Å². The molecule has 0 amide bonds. The number of methoxy groups -OCH3 is 1. The van der Waals surface area contributed by atoms with Crippen molar-refractivity contribution in [2.24, 2.45) is 4.99 Å². The number of carbonyl (C=O) groups is 1. The average Bonchev–Trinajstić information content (AvgIpc) is 3.30. The molecule has 0 saturated carbocycles. The second-order valence-corrected chi connectivity index (χ2v) is 12.5. The van der Waals surface area contributed by atoms with Crippen LogP contribution in [-0.2, 0) is 16.1 Å². The van der Waals surface area contributed by atoms with E-state index in [2.05, 4.69) is 36.9 Å². The van der Waals surface area contributed by atoms with Crippen LogP contribution in [0.2, 0.25) is 0 Å². The Labute approximate surface area is 275 Å². The van der Waals surface area contributed by atoms with Crippen molar-refractivity contribution in [2.75, 3.05) is 20.3 Å². The van der Waals surface area contributed by atoms with Gasteiger partial charge in [-0.2, -0.15) is 0 Å². The summed E-state index contributed by atoms with van der Waals surface area (Å²) < 4.78 is 26.5. The maximum atomic E-state index is 14.2. The number of esters is 1. The van der Waals surface area contributed by atoms with Gasteiger partial charge in [0.15, 0.2) is 16.3 Å². The highest BCUT2D eigenvalue weighted by molar-refractivity contribution is 9.11. The number of nitrogens with zero attached hydrogens (tertiary/aromatic N) is 2. The van der Waals surface area contributed by atoms with Crippen LogP contribution in [0.25, 0.3) is 6.08 Å². The van der Waals surface area contributed by atoms with Crippen LogP contribution in [0.4, 0.5) is 0 Å².